The van der Waals surface area contributed by atoms with Gasteiger partial charge in [0.15, 0.2) is 0 Å². The summed E-state index contributed by atoms with van der Waals surface area (Å²) in [7, 11) is 0. The molecule has 1 aliphatic rings. The van der Waals surface area contributed by atoms with Gasteiger partial charge >= 0.3 is 0 Å². The molecule has 12 rings (SSSR count). The third kappa shape index (κ3) is 6.40. The van der Waals surface area contributed by atoms with Crippen molar-refractivity contribution < 1.29 is 0 Å². The number of nitrogens with two attached hydrogens (primary N) is 1. The Bertz CT molecular complexity index is 3700. The van der Waals surface area contributed by atoms with Crippen LogP contribution in [-0.4, -0.2) is 14.8 Å². The van der Waals surface area contributed by atoms with Crippen LogP contribution in [0, 0.1) is 0 Å². The number of aromatic nitrogens is 2. The maximum Gasteiger partial charge on any atom is 0.0671 e. The van der Waals surface area contributed by atoms with Crippen molar-refractivity contribution in [3.05, 3.63) is 246 Å². The lowest BCUT2D eigenvalue weighted by atomic mass is 9.81. The Balaban J connectivity index is 0.934. The number of para-hydroxylation sites is 3. The second-order valence-electron chi connectivity index (χ2n) is 17.8. The highest BCUT2D eigenvalue weighted by Gasteiger charge is 2.36. The van der Waals surface area contributed by atoms with Crippen LogP contribution in [0.4, 0.5) is 0 Å². The molecule has 2 heterocycles. The number of aliphatic imine (C=N–C) groups is 1. The van der Waals surface area contributed by atoms with E-state index in [1.807, 2.05) is 42.5 Å². The molecule has 0 bridgehead atoms. The van der Waals surface area contributed by atoms with Crippen LogP contribution in [0.15, 0.2) is 223 Å². The van der Waals surface area contributed by atoms with Crippen molar-refractivity contribution in [2.75, 3.05) is 0 Å². The fraction of sp³-hybridized carbons (Fsp3) is 0.0656. The van der Waals surface area contributed by atoms with E-state index in [-0.39, 0.29) is 5.41 Å². The zero-order valence-electron chi connectivity index (χ0n) is 36.4. The van der Waals surface area contributed by atoms with Gasteiger partial charge in [-0.15, -0.1) is 0 Å². The van der Waals surface area contributed by atoms with Gasteiger partial charge in [0.05, 0.1) is 34.3 Å². The first kappa shape index (κ1) is 38.5. The van der Waals surface area contributed by atoms with Gasteiger partial charge in [0.2, 0.25) is 0 Å². The fourth-order valence-corrected chi connectivity index (χ4v) is 10.3. The number of rotatable bonds is 8. The number of nitrogens with zero attached hydrogens (tertiary/aromatic N) is 3. The first-order valence-corrected chi connectivity index (χ1v) is 22.4. The van der Waals surface area contributed by atoms with Gasteiger partial charge in [-0.3, -0.25) is 4.99 Å². The van der Waals surface area contributed by atoms with Gasteiger partial charge in [0.25, 0.3) is 0 Å². The number of fused-ring (bicyclic) bond motifs is 9. The Hall–Kier alpha value is -8.21. The summed E-state index contributed by atoms with van der Waals surface area (Å²) in [4.78, 5) is 5.18. The molecule has 1 aliphatic carbocycles. The summed E-state index contributed by atoms with van der Waals surface area (Å²) in [6, 6.07) is 76.6. The topological polar surface area (TPSA) is 48.2 Å². The average molecular weight is 835 g/mol. The molecular formula is C61H46N4. The summed E-state index contributed by atoms with van der Waals surface area (Å²) in [5.74, 6) is 0. The van der Waals surface area contributed by atoms with Crippen LogP contribution in [0.2, 0.25) is 0 Å². The van der Waals surface area contributed by atoms with E-state index in [1.54, 1.807) is 0 Å². The molecule has 0 fully saturated rings. The molecule has 0 atom stereocenters. The maximum absolute atomic E-state index is 6.75. The normalized spacial score (nSPS) is 13.5. The van der Waals surface area contributed by atoms with Crippen molar-refractivity contribution in [3.8, 4) is 33.6 Å². The molecule has 9 aromatic carbocycles. The van der Waals surface area contributed by atoms with Crippen LogP contribution in [0.5, 0.6) is 0 Å². The molecule has 2 aromatic heterocycles. The number of hydrogen-bond acceptors (Lipinski definition) is 2. The SMILES string of the molecule is CC1(C)c2cc(C(/C=C(\N)c3ccccc3)=N/Cc3ccccc3)ccc2-c2ccc(-n3c4ccccc4c4cc(-c5ccc6c(c5)c5ccccc5n6-c5ccccc5)ccc43)cc21. The monoisotopic (exact) mass is 834 g/mol. The van der Waals surface area contributed by atoms with Gasteiger partial charge in [-0.2, -0.15) is 0 Å². The van der Waals surface area contributed by atoms with Crippen LogP contribution in [0.25, 0.3) is 82.9 Å². The Morgan fingerprint density at radius 3 is 1.60 bits per heavy atom. The highest BCUT2D eigenvalue weighted by molar-refractivity contribution is 6.14. The molecule has 11 aromatic rings. The lowest BCUT2D eigenvalue weighted by Gasteiger charge is -2.23. The van der Waals surface area contributed by atoms with Crippen molar-refractivity contribution in [3.63, 3.8) is 0 Å². The molecule has 2 N–H and O–H groups in total. The molecular weight excluding hydrogens is 789 g/mol. The van der Waals surface area contributed by atoms with Crippen molar-refractivity contribution in [1.82, 2.24) is 9.13 Å². The third-order valence-corrected chi connectivity index (χ3v) is 13.6. The van der Waals surface area contributed by atoms with Crippen molar-refractivity contribution in [2.45, 2.75) is 25.8 Å². The number of benzene rings is 9. The minimum atomic E-state index is -0.260. The first-order valence-electron chi connectivity index (χ1n) is 22.4. The first-order chi connectivity index (χ1) is 31.9. The molecule has 0 unspecified atom stereocenters. The van der Waals surface area contributed by atoms with Gasteiger partial charge in [0, 0.05) is 49.6 Å². The molecule has 4 heteroatoms. The minimum Gasteiger partial charge on any atom is -0.398 e. The molecule has 0 aliphatic heterocycles. The van der Waals surface area contributed by atoms with Crippen LogP contribution < -0.4 is 5.73 Å². The van der Waals surface area contributed by atoms with E-state index in [9.17, 15) is 0 Å². The number of hydrogen-bond donors (Lipinski definition) is 1. The van der Waals surface area contributed by atoms with Crippen LogP contribution in [-0.2, 0) is 12.0 Å². The molecule has 0 radical (unpaired) electrons. The Kier molecular flexibility index (Phi) is 9.03. The maximum atomic E-state index is 6.75. The standard InChI is InChI=1S/C61H46N4/c1-61(2)53-36-44(56(63-39-40-16-6-3-7-17-40)38-55(62)41-18-8-4-9-19-41)26-30-47(53)48-31-29-46(37-54(48)61)65-58-25-15-13-23-50(58)52-35-43(28-33-60(52)65)42-27-32-59-51(34-42)49-22-12-14-24-57(49)64(59)45-20-10-5-11-21-45/h3-38H,39,62H2,1-2H3/b55-38-,63-56+. The second kappa shape index (κ2) is 15.3. The summed E-state index contributed by atoms with van der Waals surface area (Å²) < 4.78 is 4.82. The van der Waals surface area contributed by atoms with Gasteiger partial charge < -0.3 is 14.9 Å². The molecule has 0 amide bonds. The van der Waals surface area contributed by atoms with Gasteiger partial charge in [0.1, 0.15) is 0 Å². The minimum absolute atomic E-state index is 0.260. The zero-order valence-corrected chi connectivity index (χ0v) is 36.4. The third-order valence-electron chi connectivity index (χ3n) is 13.6. The summed E-state index contributed by atoms with van der Waals surface area (Å²) in [6.07, 6.45) is 2.03. The summed E-state index contributed by atoms with van der Waals surface area (Å²) in [5.41, 5.74) is 25.9. The van der Waals surface area contributed by atoms with Crippen molar-refractivity contribution in [2.24, 2.45) is 10.7 Å². The molecule has 65 heavy (non-hydrogen) atoms. The van der Waals surface area contributed by atoms with Crippen molar-refractivity contribution in [1.29, 1.82) is 0 Å². The van der Waals surface area contributed by atoms with E-state index < -0.39 is 0 Å². The molecule has 0 spiro atoms. The molecule has 0 saturated heterocycles. The van der Waals surface area contributed by atoms with E-state index in [1.165, 1.54) is 82.7 Å². The van der Waals surface area contributed by atoms with E-state index in [0.717, 1.165) is 28.1 Å². The van der Waals surface area contributed by atoms with E-state index in [2.05, 4.69) is 199 Å². The van der Waals surface area contributed by atoms with Crippen LogP contribution in [0.1, 0.15) is 41.7 Å². The lowest BCUT2D eigenvalue weighted by molar-refractivity contribution is 0.659. The van der Waals surface area contributed by atoms with E-state index >= 15 is 0 Å². The summed E-state index contributed by atoms with van der Waals surface area (Å²) in [5, 5.41) is 4.98. The quantitative estimate of drug-likeness (QED) is 0.152. The lowest BCUT2D eigenvalue weighted by Crippen LogP contribution is -2.16. The van der Waals surface area contributed by atoms with E-state index in [0.29, 0.717) is 12.2 Å². The number of allylic oxidation sites excluding steroid dienone is 1. The van der Waals surface area contributed by atoms with Gasteiger partial charge in [-0.25, -0.2) is 0 Å². The van der Waals surface area contributed by atoms with Crippen LogP contribution in [0.3, 0.4) is 0 Å². The van der Waals surface area contributed by atoms with E-state index in [4.69, 9.17) is 10.7 Å². The highest BCUT2D eigenvalue weighted by atomic mass is 15.0. The Morgan fingerprint density at radius 2 is 0.969 bits per heavy atom. The Morgan fingerprint density at radius 1 is 0.462 bits per heavy atom. The largest absolute Gasteiger partial charge is 0.398 e. The van der Waals surface area contributed by atoms with Gasteiger partial charge in [-0.05, 0) is 117 Å². The zero-order chi connectivity index (χ0) is 43.6. The smallest absolute Gasteiger partial charge is 0.0671 e. The molecule has 310 valence electrons. The molecule has 4 nitrogen and oxygen atoms in total. The van der Waals surface area contributed by atoms with Crippen molar-refractivity contribution >= 4 is 55.0 Å². The Labute approximate surface area is 378 Å². The summed E-state index contributed by atoms with van der Waals surface area (Å²) in [6.45, 7) is 5.27. The predicted octanol–water partition coefficient (Wildman–Crippen LogP) is 14.8. The highest BCUT2D eigenvalue weighted by Crippen LogP contribution is 2.50. The second-order valence-corrected chi connectivity index (χ2v) is 17.8. The van der Waals surface area contributed by atoms with Crippen LogP contribution >= 0.6 is 0 Å². The predicted molar refractivity (Wildman–Crippen MR) is 273 cm³/mol. The molecule has 0 saturated carbocycles. The van der Waals surface area contributed by atoms with Gasteiger partial charge in [-0.1, -0.05) is 159 Å². The summed E-state index contributed by atoms with van der Waals surface area (Å²) >= 11 is 0. The average Bonchev–Trinajstić information content (AvgIpc) is 3.95. The fourth-order valence-electron chi connectivity index (χ4n) is 10.3.